The summed E-state index contributed by atoms with van der Waals surface area (Å²) in [5.41, 5.74) is 1.49. The second-order valence-electron chi connectivity index (χ2n) is 7.60. The molecule has 0 aromatic heterocycles. The summed E-state index contributed by atoms with van der Waals surface area (Å²) >= 11 is 1.69. The molecule has 0 aliphatic carbocycles. The first-order valence-electron chi connectivity index (χ1n) is 10.2. The normalized spacial score (nSPS) is 22.1. The quantitative estimate of drug-likeness (QED) is 0.741. The van der Waals surface area contributed by atoms with E-state index >= 15 is 0 Å². The van der Waals surface area contributed by atoms with Gasteiger partial charge >= 0.3 is 0 Å². The zero-order valence-electron chi connectivity index (χ0n) is 16.9. The van der Waals surface area contributed by atoms with Crippen molar-refractivity contribution in [1.29, 1.82) is 0 Å². The third kappa shape index (κ3) is 4.31. The lowest BCUT2D eigenvalue weighted by Gasteiger charge is -2.24. The van der Waals surface area contributed by atoms with Gasteiger partial charge in [0.25, 0.3) is 0 Å². The van der Waals surface area contributed by atoms with Crippen molar-refractivity contribution < 1.29 is 18.7 Å². The van der Waals surface area contributed by atoms with Gasteiger partial charge in [0.15, 0.2) is 0 Å². The fourth-order valence-electron chi connectivity index (χ4n) is 4.12. The summed E-state index contributed by atoms with van der Waals surface area (Å²) in [6.07, 6.45) is 0.936. The molecule has 7 heteroatoms. The van der Waals surface area contributed by atoms with Crippen molar-refractivity contribution in [3.63, 3.8) is 0 Å². The van der Waals surface area contributed by atoms with Crippen molar-refractivity contribution >= 4 is 29.3 Å². The van der Waals surface area contributed by atoms with Crippen LogP contribution in [0.5, 0.6) is 5.75 Å². The number of amides is 2. The number of rotatable bonds is 4. The molecule has 0 spiro atoms. The average Bonchev–Trinajstić information content (AvgIpc) is 2.99. The van der Waals surface area contributed by atoms with E-state index in [0.717, 1.165) is 17.2 Å². The summed E-state index contributed by atoms with van der Waals surface area (Å²) in [4.78, 5) is 29.2. The van der Waals surface area contributed by atoms with Crippen molar-refractivity contribution in [2.24, 2.45) is 5.92 Å². The van der Waals surface area contributed by atoms with Crippen LogP contribution in [0.15, 0.2) is 48.5 Å². The minimum Gasteiger partial charge on any atom is -0.497 e. The smallest absolute Gasteiger partial charge is 0.228 e. The largest absolute Gasteiger partial charge is 0.497 e. The van der Waals surface area contributed by atoms with Crippen LogP contribution in [-0.2, 0) is 9.59 Å². The third-order valence-electron chi connectivity index (χ3n) is 5.76. The molecular weight excluding hydrogens is 403 g/mol. The van der Waals surface area contributed by atoms with Gasteiger partial charge in [-0.05, 0) is 36.8 Å². The summed E-state index contributed by atoms with van der Waals surface area (Å²) in [5.74, 6) is 0.944. The number of nitrogens with zero attached hydrogens (tertiary/aromatic N) is 2. The van der Waals surface area contributed by atoms with Gasteiger partial charge in [-0.3, -0.25) is 9.59 Å². The van der Waals surface area contributed by atoms with E-state index < -0.39 is 0 Å². The van der Waals surface area contributed by atoms with Crippen molar-refractivity contribution in [2.75, 3.05) is 37.4 Å². The van der Waals surface area contributed by atoms with Crippen LogP contribution < -0.4 is 9.64 Å². The van der Waals surface area contributed by atoms with Gasteiger partial charge in [0.1, 0.15) is 11.6 Å². The lowest BCUT2D eigenvalue weighted by Crippen LogP contribution is -2.38. The number of hydrogen-bond acceptors (Lipinski definition) is 4. The van der Waals surface area contributed by atoms with Crippen LogP contribution in [0.1, 0.15) is 23.7 Å². The predicted octanol–water partition coefficient (Wildman–Crippen LogP) is 3.89. The molecule has 0 saturated carbocycles. The van der Waals surface area contributed by atoms with Crippen LogP contribution in [0.3, 0.4) is 0 Å². The first-order chi connectivity index (χ1) is 14.6. The Bertz CT molecular complexity index is 921. The Morgan fingerprint density at radius 2 is 1.90 bits per heavy atom. The maximum absolute atomic E-state index is 14.2. The molecule has 0 N–H and O–H groups in total. The molecule has 30 heavy (non-hydrogen) atoms. The van der Waals surface area contributed by atoms with E-state index in [1.165, 1.54) is 6.07 Å². The molecule has 0 radical (unpaired) electrons. The van der Waals surface area contributed by atoms with E-state index in [0.29, 0.717) is 31.6 Å². The van der Waals surface area contributed by atoms with Crippen LogP contribution >= 0.6 is 11.8 Å². The van der Waals surface area contributed by atoms with E-state index in [2.05, 4.69) is 0 Å². The van der Waals surface area contributed by atoms with Gasteiger partial charge in [0.05, 0.1) is 13.0 Å². The number of halogens is 1. The van der Waals surface area contributed by atoms with Crippen molar-refractivity contribution in [3.05, 3.63) is 59.9 Å². The fourth-order valence-corrected chi connectivity index (χ4v) is 5.37. The highest BCUT2D eigenvalue weighted by molar-refractivity contribution is 7.99. The van der Waals surface area contributed by atoms with E-state index in [4.69, 9.17) is 4.74 Å². The predicted molar refractivity (Wildman–Crippen MR) is 116 cm³/mol. The highest BCUT2D eigenvalue weighted by Crippen LogP contribution is 2.36. The van der Waals surface area contributed by atoms with Crippen LogP contribution in [0, 0.1) is 11.7 Å². The SMILES string of the molecule is COc1ccc(N2CC(C(=O)N3CCSC(c4ccccc4F)CC3)CC2=O)cc1. The van der Waals surface area contributed by atoms with E-state index in [-0.39, 0.29) is 35.2 Å². The summed E-state index contributed by atoms with van der Waals surface area (Å²) in [7, 11) is 1.60. The molecular formula is C23H25FN2O3S. The Morgan fingerprint density at radius 3 is 2.63 bits per heavy atom. The molecule has 2 aromatic rings. The van der Waals surface area contributed by atoms with Crippen LogP contribution in [-0.4, -0.2) is 49.2 Å². The first-order valence-corrected chi connectivity index (χ1v) is 11.2. The van der Waals surface area contributed by atoms with Gasteiger partial charge in [0.2, 0.25) is 11.8 Å². The van der Waals surface area contributed by atoms with Gasteiger partial charge < -0.3 is 14.5 Å². The molecule has 2 atom stereocenters. The molecule has 4 rings (SSSR count). The Hall–Kier alpha value is -2.54. The first kappa shape index (κ1) is 20.7. The van der Waals surface area contributed by atoms with Crippen molar-refractivity contribution in [3.8, 4) is 5.75 Å². The molecule has 2 fully saturated rings. The molecule has 2 saturated heterocycles. The highest BCUT2D eigenvalue weighted by Gasteiger charge is 2.37. The van der Waals surface area contributed by atoms with Gasteiger partial charge in [-0.25, -0.2) is 4.39 Å². The summed E-state index contributed by atoms with van der Waals surface area (Å²) < 4.78 is 19.3. The number of carbonyl (C=O) groups is 2. The Morgan fingerprint density at radius 1 is 1.13 bits per heavy atom. The molecule has 2 aliphatic rings. The molecule has 0 bridgehead atoms. The maximum Gasteiger partial charge on any atom is 0.228 e. The van der Waals surface area contributed by atoms with Gasteiger partial charge in [-0.2, -0.15) is 11.8 Å². The number of anilines is 1. The van der Waals surface area contributed by atoms with Crippen LogP contribution in [0.25, 0.3) is 0 Å². The van der Waals surface area contributed by atoms with Gasteiger partial charge in [-0.1, -0.05) is 18.2 Å². The molecule has 2 heterocycles. The standard InChI is InChI=1S/C23H25FN2O3S/c1-29-18-8-6-17(7-9-18)26-15-16(14-22(26)27)23(28)25-11-10-21(30-13-12-25)19-4-2-3-5-20(19)24/h2-9,16,21H,10-15H2,1H3. The van der Waals surface area contributed by atoms with Gasteiger partial charge in [-0.15, -0.1) is 0 Å². The maximum atomic E-state index is 14.2. The number of methoxy groups -OCH3 is 1. The van der Waals surface area contributed by atoms with Crippen LogP contribution in [0.4, 0.5) is 10.1 Å². The molecule has 2 aromatic carbocycles. The van der Waals surface area contributed by atoms with E-state index in [1.54, 1.807) is 29.8 Å². The number of carbonyl (C=O) groups excluding carboxylic acids is 2. The topological polar surface area (TPSA) is 49.9 Å². The van der Waals surface area contributed by atoms with Gasteiger partial charge in [0, 0.05) is 48.3 Å². The summed E-state index contributed by atoms with van der Waals surface area (Å²) in [6.45, 7) is 1.60. The third-order valence-corrected chi connectivity index (χ3v) is 7.07. The Labute approximate surface area is 180 Å². The zero-order valence-corrected chi connectivity index (χ0v) is 17.7. The van der Waals surface area contributed by atoms with Crippen molar-refractivity contribution in [1.82, 2.24) is 4.90 Å². The second kappa shape index (κ2) is 9.08. The van der Waals surface area contributed by atoms with Crippen molar-refractivity contribution in [2.45, 2.75) is 18.1 Å². The summed E-state index contributed by atoms with van der Waals surface area (Å²) in [5, 5.41) is 0.0463. The monoisotopic (exact) mass is 428 g/mol. The Balaban J connectivity index is 1.39. The van der Waals surface area contributed by atoms with E-state index in [1.807, 2.05) is 41.3 Å². The number of ether oxygens (including phenoxy) is 1. The highest BCUT2D eigenvalue weighted by atomic mass is 32.2. The second-order valence-corrected chi connectivity index (χ2v) is 8.91. The molecule has 2 aliphatic heterocycles. The minimum atomic E-state index is -0.338. The fraction of sp³-hybridized carbons (Fsp3) is 0.391. The van der Waals surface area contributed by atoms with Crippen LogP contribution in [0.2, 0.25) is 0 Å². The minimum absolute atomic E-state index is 0.0224. The average molecular weight is 429 g/mol. The lowest BCUT2D eigenvalue weighted by atomic mass is 10.1. The zero-order chi connectivity index (χ0) is 21.1. The number of hydrogen-bond donors (Lipinski definition) is 0. The summed E-state index contributed by atoms with van der Waals surface area (Å²) in [6, 6.07) is 14.2. The van der Waals surface area contributed by atoms with E-state index in [9.17, 15) is 14.0 Å². The molecule has 158 valence electrons. The molecule has 2 amide bonds. The lowest BCUT2D eigenvalue weighted by molar-refractivity contribution is -0.135. The number of benzene rings is 2. The molecule has 5 nitrogen and oxygen atoms in total. The number of thioether (sulfide) groups is 1. The Kier molecular flexibility index (Phi) is 6.27. The molecule has 2 unspecified atom stereocenters.